The van der Waals surface area contributed by atoms with Crippen LogP contribution in [0.15, 0.2) is 53.1 Å². The van der Waals surface area contributed by atoms with Crippen LogP contribution in [0, 0.1) is 6.92 Å². The van der Waals surface area contributed by atoms with Crippen molar-refractivity contribution in [2.24, 2.45) is 0 Å². The lowest BCUT2D eigenvalue weighted by Gasteiger charge is -2.33. The molecule has 0 spiro atoms. The summed E-state index contributed by atoms with van der Waals surface area (Å²) in [6.07, 6.45) is 3.28. The molecule has 2 heterocycles. The van der Waals surface area contributed by atoms with Gasteiger partial charge < -0.3 is 9.42 Å². The molecule has 5 nitrogen and oxygen atoms in total. The molecule has 138 valence electrons. The van der Waals surface area contributed by atoms with E-state index in [9.17, 15) is 4.79 Å². The summed E-state index contributed by atoms with van der Waals surface area (Å²) in [6.45, 7) is 4.94. The van der Waals surface area contributed by atoms with Crippen LogP contribution in [0.25, 0.3) is 22.8 Å². The maximum absolute atomic E-state index is 13.2. The predicted molar refractivity (Wildman–Crippen MR) is 104 cm³/mol. The highest BCUT2D eigenvalue weighted by Gasteiger charge is 2.27. The number of piperidine rings is 1. The lowest BCUT2D eigenvalue weighted by Crippen LogP contribution is -2.42. The number of amides is 1. The van der Waals surface area contributed by atoms with Crippen molar-refractivity contribution in [2.45, 2.75) is 39.2 Å². The van der Waals surface area contributed by atoms with E-state index in [0.717, 1.165) is 30.5 Å². The van der Waals surface area contributed by atoms with E-state index in [2.05, 4.69) is 17.1 Å². The zero-order chi connectivity index (χ0) is 18.8. The summed E-state index contributed by atoms with van der Waals surface area (Å²) in [6, 6.07) is 15.7. The Bertz CT molecular complexity index is 963. The summed E-state index contributed by atoms with van der Waals surface area (Å²) in [5.41, 5.74) is 3.34. The van der Waals surface area contributed by atoms with Crippen molar-refractivity contribution in [3.8, 4) is 22.8 Å². The molecule has 1 aliphatic rings. The Morgan fingerprint density at radius 3 is 2.81 bits per heavy atom. The Balaban J connectivity index is 1.68. The quantitative estimate of drug-likeness (QED) is 0.677. The van der Waals surface area contributed by atoms with Crippen LogP contribution >= 0.6 is 0 Å². The van der Waals surface area contributed by atoms with Crippen molar-refractivity contribution in [1.29, 1.82) is 0 Å². The lowest BCUT2D eigenvalue weighted by molar-refractivity contribution is 0.0636. The van der Waals surface area contributed by atoms with E-state index in [1.54, 1.807) is 0 Å². The number of rotatable bonds is 3. The molecule has 27 heavy (non-hydrogen) atoms. The fourth-order valence-corrected chi connectivity index (χ4v) is 3.64. The zero-order valence-corrected chi connectivity index (χ0v) is 15.7. The van der Waals surface area contributed by atoms with Crippen LogP contribution in [0.3, 0.4) is 0 Å². The Labute approximate surface area is 159 Å². The molecule has 1 aliphatic heterocycles. The van der Waals surface area contributed by atoms with E-state index in [0.29, 0.717) is 22.8 Å². The third-order valence-corrected chi connectivity index (χ3v) is 5.15. The Morgan fingerprint density at radius 2 is 2.00 bits per heavy atom. The van der Waals surface area contributed by atoms with Gasteiger partial charge in [-0.05, 0) is 51.3 Å². The second-order valence-corrected chi connectivity index (χ2v) is 7.18. The molecule has 0 bridgehead atoms. The van der Waals surface area contributed by atoms with Gasteiger partial charge in [-0.15, -0.1) is 0 Å². The minimum absolute atomic E-state index is 0.0353. The minimum atomic E-state index is 0.0353. The molecule has 1 saturated heterocycles. The first kappa shape index (κ1) is 17.5. The van der Waals surface area contributed by atoms with E-state index in [1.807, 2.05) is 60.4 Å². The van der Waals surface area contributed by atoms with Crippen LogP contribution < -0.4 is 0 Å². The van der Waals surface area contributed by atoms with Gasteiger partial charge in [-0.3, -0.25) is 4.79 Å². The first-order valence-corrected chi connectivity index (χ1v) is 9.44. The lowest BCUT2D eigenvalue weighted by atomic mass is 10.00. The fraction of sp³-hybridized carbons (Fsp3) is 0.318. The summed E-state index contributed by atoms with van der Waals surface area (Å²) < 4.78 is 5.52. The number of hydrogen-bond donors (Lipinski definition) is 0. The third kappa shape index (κ3) is 3.50. The number of carbonyl (C=O) groups excluding carboxylic acids is 1. The molecule has 1 aromatic heterocycles. The Hall–Kier alpha value is -2.95. The topological polar surface area (TPSA) is 59.2 Å². The number of nitrogens with zero attached hydrogens (tertiary/aromatic N) is 3. The monoisotopic (exact) mass is 361 g/mol. The van der Waals surface area contributed by atoms with Crippen LogP contribution in [0.4, 0.5) is 0 Å². The normalized spacial score (nSPS) is 17.1. The molecule has 5 heteroatoms. The summed E-state index contributed by atoms with van der Waals surface area (Å²) >= 11 is 0. The van der Waals surface area contributed by atoms with Crippen molar-refractivity contribution < 1.29 is 9.32 Å². The second kappa shape index (κ2) is 7.35. The van der Waals surface area contributed by atoms with E-state index in [1.165, 1.54) is 6.42 Å². The Morgan fingerprint density at radius 1 is 1.15 bits per heavy atom. The first-order chi connectivity index (χ1) is 13.1. The molecular weight excluding hydrogens is 338 g/mol. The van der Waals surface area contributed by atoms with Crippen molar-refractivity contribution in [1.82, 2.24) is 15.0 Å². The van der Waals surface area contributed by atoms with Gasteiger partial charge in [-0.1, -0.05) is 41.1 Å². The number of hydrogen-bond acceptors (Lipinski definition) is 4. The highest BCUT2D eigenvalue weighted by atomic mass is 16.5. The average molecular weight is 361 g/mol. The van der Waals surface area contributed by atoms with Crippen LogP contribution in [0.2, 0.25) is 0 Å². The molecule has 0 aliphatic carbocycles. The van der Waals surface area contributed by atoms with Crippen molar-refractivity contribution >= 4 is 5.91 Å². The van der Waals surface area contributed by atoms with E-state index < -0.39 is 0 Å². The molecule has 1 fully saturated rings. The van der Waals surface area contributed by atoms with Gasteiger partial charge in [0, 0.05) is 18.2 Å². The van der Waals surface area contributed by atoms with Gasteiger partial charge in [0.05, 0.1) is 11.1 Å². The van der Waals surface area contributed by atoms with Gasteiger partial charge in [-0.25, -0.2) is 0 Å². The minimum Gasteiger partial charge on any atom is -0.336 e. The Kier molecular flexibility index (Phi) is 4.75. The molecule has 1 unspecified atom stereocenters. The molecule has 1 amide bonds. The van der Waals surface area contributed by atoms with Gasteiger partial charge in [0.1, 0.15) is 0 Å². The van der Waals surface area contributed by atoms with Crippen molar-refractivity contribution in [3.05, 3.63) is 59.7 Å². The number of likely N-dealkylation sites (tertiary alicyclic amines) is 1. The maximum atomic E-state index is 13.2. The summed E-state index contributed by atoms with van der Waals surface area (Å²) in [5.74, 6) is 0.940. The third-order valence-electron chi connectivity index (χ3n) is 5.15. The molecule has 0 saturated carbocycles. The van der Waals surface area contributed by atoms with Gasteiger partial charge in [-0.2, -0.15) is 4.98 Å². The molecular formula is C22H23N3O2. The van der Waals surface area contributed by atoms with Crippen LogP contribution in [0.5, 0.6) is 0 Å². The van der Waals surface area contributed by atoms with Crippen LogP contribution in [0.1, 0.15) is 42.1 Å². The molecule has 2 aromatic carbocycles. The van der Waals surface area contributed by atoms with E-state index in [-0.39, 0.29) is 11.9 Å². The van der Waals surface area contributed by atoms with E-state index in [4.69, 9.17) is 4.52 Å². The molecule has 0 N–H and O–H groups in total. The average Bonchev–Trinajstić information content (AvgIpc) is 3.18. The van der Waals surface area contributed by atoms with Gasteiger partial charge in [0.25, 0.3) is 11.8 Å². The van der Waals surface area contributed by atoms with Gasteiger partial charge >= 0.3 is 0 Å². The second-order valence-electron chi connectivity index (χ2n) is 7.18. The molecule has 4 rings (SSSR count). The van der Waals surface area contributed by atoms with E-state index >= 15 is 0 Å². The van der Waals surface area contributed by atoms with Crippen LogP contribution in [-0.4, -0.2) is 33.5 Å². The number of aromatic nitrogens is 2. The fourth-order valence-electron chi connectivity index (χ4n) is 3.64. The molecule has 3 aromatic rings. The summed E-state index contributed by atoms with van der Waals surface area (Å²) in [4.78, 5) is 19.7. The largest absolute Gasteiger partial charge is 0.336 e. The maximum Gasteiger partial charge on any atom is 0.259 e. The number of aryl methyl sites for hydroxylation is 1. The summed E-state index contributed by atoms with van der Waals surface area (Å²) in [5, 5.41) is 4.12. The smallest absolute Gasteiger partial charge is 0.259 e. The SMILES string of the molecule is Cc1cccc(-c2noc(-c3ccccc3C(=O)N3CCCCC3C)n2)c1. The van der Waals surface area contributed by atoms with Gasteiger partial charge in [0.2, 0.25) is 5.82 Å². The number of benzene rings is 2. The molecule has 0 radical (unpaired) electrons. The number of carbonyl (C=O) groups is 1. The predicted octanol–water partition coefficient (Wildman–Crippen LogP) is 4.73. The van der Waals surface area contributed by atoms with Gasteiger partial charge in [0.15, 0.2) is 0 Å². The zero-order valence-electron chi connectivity index (χ0n) is 15.7. The molecule has 1 atom stereocenters. The van der Waals surface area contributed by atoms with Crippen molar-refractivity contribution in [3.63, 3.8) is 0 Å². The standard InChI is InChI=1S/C22H23N3O2/c1-15-8-7-10-17(14-15)20-23-21(27-24-20)18-11-3-4-12-19(18)22(26)25-13-6-5-9-16(25)2/h3-4,7-8,10-12,14,16H,5-6,9,13H2,1-2H3. The highest BCUT2D eigenvalue weighted by Crippen LogP contribution is 2.28. The highest BCUT2D eigenvalue weighted by molar-refractivity contribution is 6.00. The van der Waals surface area contributed by atoms with Crippen LogP contribution in [-0.2, 0) is 0 Å². The summed E-state index contributed by atoms with van der Waals surface area (Å²) in [7, 11) is 0. The van der Waals surface area contributed by atoms with Crippen molar-refractivity contribution in [2.75, 3.05) is 6.54 Å². The first-order valence-electron chi connectivity index (χ1n) is 9.44.